The zero-order chi connectivity index (χ0) is 22.9. The van der Waals surface area contributed by atoms with Crippen molar-refractivity contribution in [1.82, 2.24) is 5.32 Å². The van der Waals surface area contributed by atoms with Gasteiger partial charge in [0.1, 0.15) is 16.5 Å². The average Bonchev–Trinajstić information content (AvgIpc) is 3.48. The summed E-state index contributed by atoms with van der Waals surface area (Å²) in [6.07, 6.45) is 6.29. The van der Waals surface area contributed by atoms with Crippen LogP contribution in [-0.2, 0) is 19.4 Å². The van der Waals surface area contributed by atoms with Gasteiger partial charge in [0.05, 0.1) is 24.6 Å². The largest absolute Gasteiger partial charge is 0.467 e. The Morgan fingerprint density at radius 1 is 1.31 bits per heavy atom. The smallest absolute Gasteiger partial charge is 0.255 e. The average molecular weight is 454 g/mol. The van der Waals surface area contributed by atoms with Gasteiger partial charge < -0.3 is 19.1 Å². The van der Waals surface area contributed by atoms with Crippen LogP contribution in [0.2, 0.25) is 0 Å². The van der Waals surface area contributed by atoms with Crippen molar-refractivity contribution in [2.75, 3.05) is 19.0 Å². The lowest BCUT2D eigenvalue weighted by Crippen LogP contribution is -2.28. The summed E-state index contributed by atoms with van der Waals surface area (Å²) in [4.78, 5) is 21.1. The molecule has 1 aliphatic rings. The Morgan fingerprint density at radius 3 is 2.78 bits per heavy atom. The van der Waals surface area contributed by atoms with Gasteiger partial charge >= 0.3 is 0 Å². The van der Waals surface area contributed by atoms with Crippen molar-refractivity contribution < 1.29 is 13.6 Å². The number of anilines is 1. The van der Waals surface area contributed by atoms with Crippen LogP contribution in [0.4, 0.5) is 10.9 Å². The van der Waals surface area contributed by atoms with E-state index in [9.17, 15) is 4.79 Å². The van der Waals surface area contributed by atoms with Crippen LogP contribution in [0.15, 0.2) is 44.4 Å². The number of hydrogen-bond donors (Lipinski definition) is 1. The van der Waals surface area contributed by atoms with Crippen molar-refractivity contribution in [2.45, 2.75) is 46.6 Å². The number of hydrogen-bond acceptors (Lipinski definition) is 6. The van der Waals surface area contributed by atoms with Crippen LogP contribution in [0.5, 0.6) is 0 Å². The lowest BCUT2D eigenvalue weighted by Gasteiger charge is -2.33. The first-order valence-electron chi connectivity index (χ1n) is 11.0. The summed E-state index contributed by atoms with van der Waals surface area (Å²) in [5.74, 6) is 2.65. The Balaban J connectivity index is 1.63. The normalized spacial score (nSPS) is 16.3. The maximum Gasteiger partial charge on any atom is 0.255 e. The molecule has 170 valence electrons. The Bertz CT molecular complexity index is 1100. The molecule has 0 saturated carbocycles. The molecule has 32 heavy (non-hydrogen) atoms. The molecule has 1 atom stereocenters. The quantitative estimate of drug-likeness (QED) is 0.477. The number of aliphatic imine (C=N–C) groups is 1. The highest BCUT2D eigenvalue weighted by Gasteiger charge is 2.33. The molecule has 6 nitrogen and oxygen atoms in total. The van der Waals surface area contributed by atoms with Crippen molar-refractivity contribution in [3.8, 4) is 0 Å². The summed E-state index contributed by atoms with van der Waals surface area (Å²) in [7, 11) is 3.86. The summed E-state index contributed by atoms with van der Waals surface area (Å²) in [6.45, 7) is 7.25. The molecule has 0 spiro atoms. The van der Waals surface area contributed by atoms with Crippen molar-refractivity contribution in [1.29, 1.82) is 0 Å². The maximum atomic E-state index is 13.2. The molecule has 3 aromatic rings. The molecule has 3 heterocycles. The molecule has 1 amide bonds. The molecule has 0 aromatic carbocycles. The fourth-order valence-corrected chi connectivity index (χ4v) is 5.35. The molecule has 0 aliphatic heterocycles. The predicted octanol–water partition coefficient (Wildman–Crippen LogP) is 5.83. The highest BCUT2D eigenvalue weighted by molar-refractivity contribution is 7.16. The Hall–Kier alpha value is -2.80. The second-order valence-corrected chi connectivity index (χ2v) is 10.7. The highest BCUT2D eigenvalue weighted by atomic mass is 32.1. The van der Waals surface area contributed by atoms with E-state index in [0.717, 1.165) is 41.5 Å². The topological polar surface area (TPSA) is 71.0 Å². The van der Waals surface area contributed by atoms with Gasteiger partial charge in [-0.1, -0.05) is 20.8 Å². The molecular formula is C25H31N3O3S. The summed E-state index contributed by atoms with van der Waals surface area (Å²) in [5.41, 5.74) is 2.08. The Labute approximate surface area is 193 Å². The van der Waals surface area contributed by atoms with Crippen molar-refractivity contribution >= 4 is 34.3 Å². The summed E-state index contributed by atoms with van der Waals surface area (Å²) in [6, 6.07) is 7.47. The minimum atomic E-state index is -0.103. The van der Waals surface area contributed by atoms with Gasteiger partial charge in [0.25, 0.3) is 5.91 Å². The van der Waals surface area contributed by atoms with E-state index in [2.05, 4.69) is 26.1 Å². The molecule has 0 saturated heterocycles. The molecular weight excluding hydrogens is 422 g/mol. The van der Waals surface area contributed by atoms with Gasteiger partial charge in [0, 0.05) is 25.0 Å². The minimum Gasteiger partial charge on any atom is -0.467 e. The number of nitrogens with zero attached hydrogens (tertiary/aromatic N) is 2. The van der Waals surface area contributed by atoms with E-state index < -0.39 is 0 Å². The second kappa shape index (κ2) is 8.98. The fourth-order valence-electron chi connectivity index (χ4n) is 4.08. The molecule has 0 unspecified atom stereocenters. The van der Waals surface area contributed by atoms with Crippen LogP contribution in [0.1, 0.15) is 59.5 Å². The van der Waals surface area contributed by atoms with Gasteiger partial charge in [-0.3, -0.25) is 4.79 Å². The molecule has 1 N–H and O–H groups in total. The first-order chi connectivity index (χ1) is 15.2. The van der Waals surface area contributed by atoms with Gasteiger partial charge in [0.2, 0.25) is 0 Å². The van der Waals surface area contributed by atoms with Gasteiger partial charge in [0.15, 0.2) is 5.88 Å². The third kappa shape index (κ3) is 4.83. The van der Waals surface area contributed by atoms with Crippen molar-refractivity contribution in [2.24, 2.45) is 16.3 Å². The van der Waals surface area contributed by atoms with E-state index in [1.807, 2.05) is 43.3 Å². The van der Waals surface area contributed by atoms with Gasteiger partial charge in [-0.2, -0.15) is 0 Å². The third-order valence-corrected chi connectivity index (χ3v) is 7.23. The fraction of sp³-hybridized carbons (Fsp3) is 0.440. The number of rotatable bonds is 6. The van der Waals surface area contributed by atoms with Crippen molar-refractivity contribution in [3.05, 3.63) is 58.1 Å². The number of nitrogens with one attached hydrogen (secondary N) is 1. The molecule has 0 bridgehead atoms. The SMILES string of the molecule is CN(C)c1ccc(C=Nc2sc3c(c2C(=O)NCc2ccco2)CC[C@H](C(C)(C)C)C3)o1. The van der Waals surface area contributed by atoms with Crippen LogP contribution in [-0.4, -0.2) is 26.2 Å². The Kier molecular flexibility index (Phi) is 6.29. The van der Waals surface area contributed by atoms with E-state index in [4.69, 9.17) is 13.8 Å². The molecule has 1 aliphatic carbocycles. The van der Waals surface area contributed by atoms with Crippen LogP contribution >= 0.6 is 11.3 Å². The molecule has 3 aromatic heterocycles. The van der Waals surface area contributed by atoms with Crippen LogP contribution in [0.3, 0.4) is 0 Å². The standard InChI is InChI=1S/C25H31N3O3S/c1-25(2,3)16-8-10-19-20(13-16)32-24(27-15-18-9-11-21(31-18)28(4)5)22(19)23(29)26-14-17-7-6-12-30-17/h6-7,9,11-12,15-16H,8,10,13-14H2,1-5H3,(H,26,29)/t16-/m0/s1. The predicted molar refractivity (Wildman–Crippen MR) is 129 cm³/mol. The number of carbonyl (C=O) groups excluding carboxylic acids is 1. The van der Waals surface area contributed by atoms with Crippen molar-refractivity contribution in [3.63, 3.8) is 0 Å². The molecule has 0 fully saturated rings. The first-order valence-corrected chi connectivity index (χ1v) is 11.8. The van der Waals surface area contributed by atoms with Crippen LogP contribution in [0, 0.1) is 11.3 Å². The van der Waals surface area contributed by atoms with Gasteiger partial charge in [-0.05, 0) is 54.4 Å². The number of amides is 1. The summed E-state index contributed by atoms with van der Waals surface area (Å²) >= 11 is 1.63. The second-order valence-electron chi connectivity index (χ2n) is 9.58. The molecule has 4 rings (SSSR count). The first kappa shape index (κ1) is 22.4. The van der Waals surface area contributed by atoms with Gasteiger partial charge in [-0.15, -0.1) is 11.3 Å². The third-order valence-electron chi connectivity index (χ3n) is 6.06. The van der Waals surface area contributed by atoms with E-state index in [1.165, 1.54) is 4.88 Å². The Morgan fingerprint density at radius 2 is 2.12 bits per heavy atom. The summed E-state index contributed by atoms with van der Waals surface area (Å²) < 4.78 is 11.2. The highest BCUT2D eigenvalue weighted by Crippen LogP contribution is 2.45. The number of fused-ring (bicyclic) bond motifs is 1. The van der Waals surface area contributed by atoms with E-state index in [0.29, 0.717) is 23.8 Å². The zero-order valence-electron chi connectivity index (χ0n) is 19.4. The van der Waals surface area contributed by atoms with E-state index >= 15 is 0 Å². The van der Waals surface area contributed by atoms with E-state index in [-0.39, 0.29) is 11.3 Å². The zero-order valence-corrected chi connectivity index (χ0v) is 20.2. The van der Waals surface area contributed by atoms with E-state index in [1.54, 1.807) is 23.8 Å². The van der Waals surface area contributed by atoms with Crippen LogP contribution < -0.4 is 10.2 Å². The van der Waals surface area contributed by atoms with Gasteiger partial charge in [-0.25, -0.2) is 4.99 Å². The lowest BCUT2D eigenvalue weighted by molar-refractivity contribution is 0.0947. The molecule has 0 radical (unpaired) electrons. The number of furan rings is 2. The minimum absolute atomic E-state index is 0.103. The van der Waals surface area contributed by atoms with Crippen LogP contribution in [0.25, 0.3) is 0 Å². The monoisotopic (exact) mass is 453 g/mol. The molecule has 7 heteroatoms. The lowest BCUT2D eigenvalue weighted by atomic mass is 9.72. The number of thiophene rings is 1. The maximum absolute atomic E-state index is 13.2. The number of carbonyl (C=O) groups is 1. The summed E-state index contributed by atoms with van der Waals surface area (Å²) in [5, 5.41) is 3.75.